The van der Waals surface area contributed by atoms with Crippen molar-refractivity contribution in [2.45, 2.75) is 57.5 Å². The van der Waals surface area contributed by atoms with Crippen LogP contribution in [0.3, 0.4) is 0 Å². The Balaban J connectivity index is 4.46. The van der Waals surface area contributed by atoms with Crippen molar-refractivity contribution >= 4 is 35.5 Å². The molecule has 150 valence electrons. The summed E-state index contributed by atoms with van der Waals surface area (Å²) < 4.78 is 0. The number of carbonyl (C=O) groups is 4. The van der Waals surface area contributed by atoms with Crippen molar-refractivity contribution in [3.8, 4) is 0 Å². The topological polar surface area (TPSA) is 159 Å². The first kappa shape index (κ1) is 24.2. The molecule has 0 aromatic heterocycles. The largest absolute Gasteiger partial charge is 0.480 e. The second-order valence-electron chi connectivity index (χ2n) is 5.85. The summed E-state index contributed by atoms with van der Waals surface area (Å²) in [6, 6.07) is -2.02. The molecule has 9 nitrogen and oxygen atoms in total. The van der Waals surface area contributed by atoms with Crippen LogP contribution in [0.25, 0.3) is 0 Å². The van der Waals surface area contributed by atoms with Crippen LogP contribution in [0.2, 0.25) is 0 Å². The third kappa shape index (κ3) is 12.5. The highest BCUT2D eigenvalue weighted by Gasteiger charge is 2.22. The van der Waals surface area contributed by atoms with Gasteiger partial charge in [-0.1, -0.05) is 26.2 Å². The second-order valence-corrected chi connectivity index (χ2v) is 7.00. The Morgan fingerprint density at radius 1 is 1.12 bits per heavy atom. The van der Waals surface area contributed by atoms with E-state index in [0.717, 1.165) is 31.4 Å². The quantitative estimate of drug-likeness (QED) is 0.247. The molecule has 0 bridgehead atoms. The molecule has 0 rings (SSSR count). The Morgan fingerprint density at radius 3 is 2.38 bits per heavy atom. The maximum Gasteiger partial charge on any atom is 0.322 e. The molecule has 2 atom stereocenters. The van der Waals surface area contributed by atoms with Crippen molar-refractivity contribution < 1.29 is 29.4 Å². The lowest BCUT2D eigenvalue weighted by molar-refractivity contribution is -0.139. The SMILES string of the molecule is CCCCCCSC[C@H](NC(=O)CCC(N)C(=O)O)C(=O)NCC(=O)O. The number of hydrogen-bond acceptors (Lipinski definition) is 6. The van der Waals surface area contributed by atoms with E-state index in [4.69, 9.17) is 15.9 Å². The smallest absolute Gasteiger partial charge is 0.322 e. The molecule has 0 heterocycles. The Bertz CT molecular complexity index is 475. The first-order chi connectivity index (χ1) is 12.3. The van der Waals surface area contributed by atoms with Crippen LogP contribution < -0.4 is 16.4 Å². The van der Waals surface area contributed by atoms with Gasteiger partial charge in [0.05, 0.1) is 0 Å². The van der Waals surface area contributed by atoms with Gasteiger partial charge in [0.25, 0.3) is 0 Å². The molecular formula is C16H29N3O6S. The maximum absolute atomic E-state index is 12.1. The molecule has 0 radical (unpaired) electrons. The first-order valence-corrected chi connectivity index (χ1v) is 9.78. The van der Waals surface area contributed by atoms with Crippen LogP contribution in [0.1, 0.15) is 45.4 Å². The summed E-state index contributed by atoms with van der Waals surface area (Å²) in [5.41, 5.74) is 5.35. The van der Waals surface area contributed by atoms with Gasteiger partial charge in [0.1, 0.15) is 18.6 Å². The third-order valence-corrected chi connectivity index (χ3v) is 4.64. The Hall–Kier alpha value is -1.81. The molecule has 0 fully saturated rings. The molecular weight excluding hydrogens is 362 g/mol. The fraction of sp³-hybridized carbons (Fsp3) is 0.750. The fourth-order valence-electron chi connectivity index (χ4n) is 1.98. The van der Waals surface area contributed by atoms with Gasteiger partial charge in [0.15, 0.2) is 0 Å². The van der Waals surface area contributed by atoms with Crippen molar-refractivity contribution in [2.24, 2.45) is 5.73 Å². The molecule has 0 aliphatic carbocycles. The molecule has 2 amide bonds. The standard InChI is InChI=1S/C16H29N3O6S/c1-2-3-4-5-8-26-10-12(15(23)18-9-14(21)22)19-13(20)7-6-11(17)16(24)25/h11-12H,2-10,17H2,1H3,(H,18,23)(H,19,20)(H,21,22)(H,24,25)/t11?,12-/m0/s1. The molecule has 0 aliphatic rings. The van der Waals surface area contributed by atoms with Crippen LogP contribution in [0.4, 0.5) is 0 Å². The van der Waals surface area contributed by atoms with E-state index in [1.54, 1.807) is 0 Å². The number of nitrogens with two attached hydrogens (primary N) is 1. The molecule has 10 heteroatoms. The fourth-order valence-corrected chi connectivity index (χ4v) is 3.02. The Labute approximate surface area is 157 Å². The number of hydrogen-bond donors (Lipinski definition) is 5. The van der Waals surface area contributed by atoms with E-state index in [-0.39, 0.29) is 12.8 Å². The van der Waals surface area contributed by atoms with Crippen molar-refractivity contribution in [2.75, 3.05) is 18.1 Å². The average Bonchev–Trinajstić information content (AvgIpc) is 2.59. The van der Waals surface area contributed by atoms with Gasteiger partial charge in [-0.05, 0) is 18.6 Å². The lowest BCUT2D eigenvalue weighted by atomic mass is 10.1. The van der Waals surface area contributed by atoms with E-state index in [2.05, 4.69) is 17.6 Å². The van der Waals surface area contributed by atoms with Gasteiger partial charge in [0, 0.05) is 12.2 Å². The number of carbonyl (C=O) groups excluding carboxylic acids is 2. The predicted molar refractivity (Wildman–Crippen MR) is 98.9 cm³/mol. The summed E-state index contributed by atoms with van der Waals surface area (Å²) in [6.07, 6.45) is 4.19. The number of nitrogens with one attached hydrogen (secondary N) is 2. The monoisotopic (exact) mass is 391 g/mol. The Kier molecular flexibility index (Phi) is 13.4. The number of amides is 2. The molecule has 0 spiro atoms. The second kappa shape index (κ2) is 14.4. The van der Waals surface area contributed by atoms with Crippen molar-refractivity contribution in [3.63, 3.8) is 0 Å². The van der Waals surface area contributed by atoms with Gasteiger partial charge in [-0.15, -0.1) is 0 Å². The minimum atomic E-state index is -1.20. The van der Waals surface area contributed by atoms with Crippen LogP contribution in [0.5, 0.6) is 0 Å². The van der Waals surface area contributed by atoms with Gasteiger partial charge in [-0.2, -0.15) is 11.8 Å². The van der Waals surface area contributed by atoms with E-state index in [1.807, 2.05) is 0 Å². The highest BCUT2D eigenvalue weighted by molar-refractivity contribution is 7.99. The zero-order valence-corrected chi connectivity index (χ0v) is 15.8. The van der Waals surface area contributed by atoms with Crippen LogP contribution in [0, 0.1) is 0 Å². The zero-order chi connectivity index (χ0) is 19.9. The molecule has 26 heavy (non-hydrogen) atoms. The van der Waals surface area contributed by atoms with E-state index >= 15 is 0 Å². The number of aliphatic carboxylic acids is 2. The number of carboxylic acids is 2. The van der Waals surface area contributed by atoms with Crippen LogP contribution in [-0.2, 0) is 19.2 Å². The van der Waals surface area contributed by atoms with Crippen molar-refractivity contribution in [1.82, 2.24) is 10.6 Å². The summed E-state index contributed by atoms with van der Waals surface area (Å²) in [5.74, 6) is -2.30. The summed E-state index contributed by atoms with van der Waals surface area (Å²) in [4.78, 5) is 45.2. The highest BCUT2D eigenvalue weighted by Crippen LogP contribution is 2.10. The zero-order valence-electron chi connectivity index (χ0n) is 15.0. The lowest BCUT2D eigenvalue weighted by Crippen LogP contribution is -2.49. The molecule has 0 saturated heterocycles. The highest BCUT2D eigenvalue weighted by atomic mass is 32.2. The lowest BCUT2D eigenvalue weighted by Gasteiger charge is -2.18. The van der Waals surface area contributed by atoms with Gasteiger partial charge in [-0.3, -0.25) is 19.2 Å². The molecule has 0 aromatic rings. The molecule has 1 unspecified atom stereocenters. The van der Waals surface area contributed by atoms with Gasteiger partial charge >= 0.3 is 11.9 Å². The maximum atomic E-state index is 12.1. The molecule has 0 aliphatic heterocycles. The van der Waals surface area contributed by atoms with E-state index in [1.165, 1.54) is 11.8 Å². The molecule has 6 N–H and O–H groups in total. The average molecular weight is 391 g/mol. The number of unbranched alkanes of at least 4 members (excludes halogenated alkanes) is 3. The first-order valence-electron chi connectivity index (χ1n) is 8.62. The van der Waals surface area contributed by atoms with Crippen LogP contribution >= 0.6 is 11.8 Å². The normalized spacial score (nSPS) is 12.8. The summed E-state index contributed by atoms with van der Waals surface area (Å²) in [7, 11) is 0. The Morgan fingerprint density at radius 2 is 1.81 bits per heavy atom. The molecule has 0 saturated carbocycles. The minimum absolute atomic E-state index is 0.0468. The summed E-state index contributed by atoms with van der Waals surface area (Å²) in [6.45, 7) is 1.58. The van der Waals surface area contributed by atoms with Gasteiger partial charge in [-0.25, -0.2) is 0 Å². The number of rotatable bonds is 15. The van der Waals surface area contributed by atoms with Crippen LogP contribution in [-0.4, -0.2) is 64.1 Å². The predicted octanol–water partition coefficient (Wildman–Crippen LogP) is 0.178. The summed E-state index contributed by atoms with van der Waals surface area (Å²) in [5, 5.41) is 22.1. The third-order valence-electron chi connectivity index (χ3n) is 3.49. The number of thioether (sulfide) groups is 1. The van der Waals surface area contributed by atoms with Crippen molar-refractivity contribution in [3.05, 3.63) is 0 Å². The van der Waals surface area contributed by atoms with Crippen molar-refractivity contribution in [1.29, 1.82) is 0 Å². The minimum Gasteiger partial charge on any atom is -0.480 e. The molecule has 0 aromatic carbocycles. The van der Waals surface area contributed by atoms with Gasteiger partial charge in [0.2, 0.25) is 11.8 Å². The van der Waals surface area contributed by atoms with Gasteiger partial charge < -0.3 is 26.6 Å². The van der Waals surface area contributed by atoms with E-state index in [9.17, 15) is 19.2 Å². The summed E-state index contributed by atoms with van der Waals surface area (Å²) >= 11 is 1.50. The van der Waals surface area contributed by atoms with E-state index < -0.39 is 42.4 Å². The number of carboxylic acid groups (broad SMARTS) is 2. The van der Waals surface area contributed by atoms with E-state index in [0.29, 0.717) is 5.75 Å². The van der Waals surface area contributed by atoms with Crippen LogP contribution in [0.15, 0.2) is 0 Å².